The first-order valence-electron chi connectivity index (χ1n) is 13.8. The minimum absolute atomic E-state index is 0.0436. The number of rotatable bonds is 6. The van der Waals surface area contributed by atoms with E-state index < -0.39 is 12.1 Å². The average Bonchev–Trinajstić information content (AvgIpc) is 3.61. The van der Waals surface area contributed by atoms with Crippen LogP contribution in [0.1, 0.15) is 44.5 Å². The summed E-state index contributed by atoms with van der Waals surface area (Å²) in [6.45, 7) is 12.6. The standard InChI is InChI=1S/C29H39N5O4S/c1-18-15-34(24-23(35)16-38-25(18)24)27(37)21(14-29(2,3)4)30-26(36)20-8-6-19(7-9-20)22-17-39-28(31-22)33-12-10-32(5)11-13-33/h6-9,17-18,21,24-25H,10-16H2,1-5H3,(H,30,36)/t18-,21?,24-,25-/m1/s1. The van der Waals surface area contributed by atoms with Crippen molar-refractivity contribution < 1.29 is 19.1 Å². The summed E-state index contributed by atoms with van der Waals surface area (Å²) in [5.41, 5.74) is 2.11. The fourth-order valence-corrected chi connectivity index (χ4v) is 6.59. The van der Waals surface area contributed by atoms with E-state index in [1.54, 1.807) is 28.4 Å². The lowest BCUT2D eigenvalue weighted by Gasteiger charge is -2.32. The predicted octanol–water partition coefficient (Wildman–Crippen LogP) is 2.91. The predicted molar refractivity (Wildman–Crippen MR) is 152 cm³/mol. The first-order valence-corrected chi connectivity index (χ1v) is 14.6. The Labute approximate surface area is 234 Å². The van der Waals surface area contributed by atoms with Crippen molar-refractivity contribution in [1.82, 2.24) is 20.1 Å². The quantitative estimate of drug-likeness (QED) is 0.588. The number of ether oxygens (including phenoxy) is 1. The number of Topliss-reactive ketones (excluding diaryl/α,β-unsaturated/α-hetero) is 1. The number of likely N-dealkylation sites (tertiary alicyclic amines) is 1. The number of carbonyl (C=O) groups is 3. The molecule has 9 nitrogen and oxygen atoms in total. The minimum atomic E-state index is -0.735. The molecule has 1 aromatic carbocycles. The van der Waals surface area contributed by atoms with Crippen LogP contribution in [0.25, 0.3) is 11.3 Å². The summed E-state index contributed by atoms with van der Waals surface area (Å²) < 4.78 is 5.66. The van der Waals surface area contributed by atoms with Crippen LogP contribution in [0.2, 0.25) is 0 Å². The molecule has 1 N–H and O–H groups in total. The molecule has 4 heterocycles. The number of amides is 2. The van der Waals surface area contributed by atoms with Crippen LogP contribution in [0.4, 0.5) is 5.13 Å². The maximum Gasteiger partial charge on any atom is 0.251 e. The molecule has 1 aromatic heterocycles. The van der Waals surface area contributed by atoms with Crippen molar-refractivity contribution in [3.63, 3.8) is 0 Å². The first-order chi connectivity index (χ1) is 18.5. The van der Waals surface area contributed by atoms with E-state index in [0.717, 1.165) is 42.6 Å². The van der Waals surface area contributed by atoms with E-state index in [9.17, 15) is 14.4 Å². The lowest BCUT2D eigenvalue weighted by atomic mass is 9.87. The zero-order valence-electron chi connectivity index (χ0n) is 23.5. The number of nitrogens with one attached hydrogen (secondary N) is 1. The lowest BCUT2D eigenvalue weighted by Crippen LogP contribution is -2.53. The number of likely N-dealkylation sites (N-methyl/N-ethyl adjacent to an activating group) is 1. The van der Waals surface area contributed by atoms with Gasteiger partial charge in [0.15, 0.2) is 10.9 Å². The van der Waals surface area contributed by atoms with Gasteiger partial charge in [-0.05, 0) is 31.0 Å². The molecule has 5 rings (SSSR count). The van der Waals surface area contributed by atoms with E-state index in [0.29, 0.717) is 18.5 Å². The zero-order valence-corrected chi connectivity index (χ0v) is 24.3. The molecule has 0 aliphatic carbocycles. The van der Waals surface area contributed by atoms with Crippen molar-refractivity contribution in [2.45, 2.75) is 52.3 Å². The molecule has 2 aromatic rings. The summed E-state index contributed by atoms with van der Waals surface area (Å²) >= 11 is 1.64. The molecule has 3 aliphatic rings. The molecule has 0 saturated carbocycles. The zero-order chi connectivity index (χ0) is 27.9. The summed E-state index contributed by atoms with van der Waals surface area (Å²) in [5.74, 6) is -0.510. The molecule has 0 spiro atoms. The number of ketones is 1. The van der Waals surface area contributed by atoms with E-state index in [2.05, 4.69) is 27.5 Å². The second kappa shape index (κ2) is 11.0. The SMILES string of the molecule is C[C@@H]1CN(C(=O)C(CC(C)(C)C)NC(=O)c2ccc(-c3csc(N4CCN(C)CC4)n3)cc2)[C@@H]2C(=O)CO[C@H]12. The first kappa shape index (κ1) is 27.7. The monoisotopic (exact) mass is 553 g/mol. The number of carbonyl (C=O) groups excluding carboxylic acids is 3. The Morgan fingerprint density at radius 1 is 1.15 bits per heavy atom. The third kappa shape index (κ3) is 6.02. The van der Waals surface area contributed by atoms with E-state index >= 15 is 0 Å². The van der Waals surface area contributed by atoms with Crippen LogP contribution in [-0.4, -0.2) is 96.9 Å². The van der Waals surface area contributed by atoms with Crippen molar-refractivity contribution in [3.8, 4) is 11.3 Å². The third-order valence-corrected chi connectivity index (χ3v) is 8.75. The van der Waals surface area contributed by atoms with Gasteiger partial charge in [-0.2, -0.15) is 0 Å². The Balaban J connectivity index is 1.28. The lowest BCUT2D eigenvalue weighted by molar-refractivity contribution is -0.138. The second-order valence-corrected chi connectivity index (χ2v) is 13.2. The Morgan fingerprint density at radius 3 is 2.51 bits per heavy atom. The van der Waals surface area contributed by atoms with Crippen LogP contribution in [-0.2, 0) is 14.3 Å². The van der Waals surface area contributed by atoms with Gasteiger partial charge in [0.2, 0.25) is 5.91 Å². The Bertz CT molecular complexity index is 1220. The fraction of sp³-hybridized carbons (Fsp3) is 0.586. The number of thiazole rings is 1. The maximum absolute atomic E-state index is 13.7. The van der Waals surface area contributed by atoms with E-state index in [1.165, 1.54) is 0 Å². The van der Waals surface area contributed by atoms with Gasteiger partial charge in [-0.3, -0.25) is 14.4 Å². The topological polar surface area (TPSA) is 95.1 Å². The highest BCUT2D eigenvalue weighted by Gasteiger charge is 2.51. The number of anilines is 1. The highest BCUT2D eigenvalue weighted by molar-refractivity contribution is 7.14. The smallest absolute Gasteiger partial charge is 0.251 e. The average molecular weight is 554 g/mol. The van der Waals surface area contributed by atoms with E-state index in [-0.39, 0.29) is 41.6 Å². The molecule has 1 unspecified atom stereocenters. The molecule has 0 bridgehead atoms. The van der Waals surface area contributed by atoms with Gasteiger partial charge in [0.1, 0.15) is 18.7 Å². The van der Waals surface area contributed by atoms with Gasteiger partial charge in [0, 0.05) is 55.1 Å². The molecule has 3 aliphatic heterocycles. The Kier molecular flexibility index (Phi) is 7.81. The Morgan fingerprint density at radius 2 is 1.85 bits per heavy atom. The van der Waals surface area contributed by atoms with Gasteiger partial charge in [0.25, 0.3) is 5.91 Å². The molecule has 210 valence electrons. The molecular formula is C29H39N5O4S. The molecule has 0 radical (unpaired) electrons. The summed E-state index contributed by atoms with van der Waals surface area (Å²) in [6.07, 6.45) is 0.198. The molecule has 3 fully saturated rings. The van der Waals surface area contributed by atoms with Crippen molar-refractivity contribution in [1.29, 1.82) is 0 Å². The minimum Gasteiger partial charge on any atom is -0.367 e. The largest absolute Gasteiger partial charge is 0.367 e. The molecule has 10 heteroatoms. The number of hydrogen-bond acceptors (Lipinski definition) is 8. The number of benzene rings is 1. The summed E-state index contributed by atoms with van der Waals surface area (Å²) in [6, 6.07) is 6.07. The highest BCUT2D eigenvalue weighted by atomic mass is 32.1. The molecule has 39 heavy (non-hydrogen) atoms. The van der Waals surface area contributed by atoms with Gasteiger partial charge in [-0.1, -0.05) is 39.8 Å². The van der Waals surface area contributed by atoms with Crippen LogP contribution in [0.15, 0.2) is 29.6 Å². The maximum atomic E-state index is 13.7. The van der Waals surface area contributed by atoms with Crippen molar-refractivity contribution >= 4 is 34.1 Å². The van der Waals surface area contributed by atoms with Crippen LogP contribution in [0.5, 0.6) is 0 Å². The van der Waals surface area contributed by atoms with Crippen LogP contribution >= 0.6 is 11.3 Å². The Hall–Kier alpha value is -2.82. The number of nitrogens with zero attached hydrogens (tertiary/aromatic N) is 4. The second-order valence-electron chi connectivity index (χ2n) is 12.3. The van der Waals surface area contributed by atoms with Crippen molar-refractivity contribution in [2.24, 2.45) is 11.3 Å². The number of aromatic nitrogens is 1. The van der Waals surface area contributed by atoms with E-state index in [4.69, 9.17) is 9.72 Å². The molecule has 4 atom stereocenters. The van der Waals surface area contributed by atoms with Crippen molar-refractivity contribution in [3.05, 3.63) is 35.2 Å². The van der Waals surface area contributed by atoms with Crippen LogP contribution < -0.4 is 10.2 Å². The van der Waals surface area contributed by atoms with Crippen LogP contribution in [0, 0.1) is 11.3 Å². The van der Waals surface area contributed by atoms with Gasteiger partial charge < -0.3 is 24.8 Å². The number of hydrogen-bond donors (Lipinski definition) is 1. The fourth-order valence-electron chi connectivity index (χ4n) is 5.71. The molecule has 3 saturated heterocycles. The number of fused-ring (bicyclic) bond motifs is 1. The summed E-state index contributed by atoms with van der Waals surface area (Å²) in [4.78, 5) is 50.6. The third-order valence-electron chi connectivity index (χ3n) is 7.85. The summed E-state index contributed by atoms with van der Waals surface area (Å²) in [5, 5.41) is 6.06. The molecular weight excluding hydrogens is 514 g/mol. The molecule has 2 amide bonds. The van der Waals surface area contributed by atoms with Gasteiger partial charge >= 0.3 is 0 Å². The van der Waals surface area contributed by atoms with E-state index in [1.807, 2.05) is 39.8 Å². The normalized spacial score (nSPS) is 24.6. The van der Waals surface area contributed by atoms with Gasteiger partial charge in [-0.15, -0.1) is 11.3 Å². The van der Waals surface area contributed by atoms with Crippen LogP contribution in [0.3, 0.4) is 0 Å². The number of piperazine rings is 1. The van der Waals surface area contributed by atoms with Crippen molar-refractivity contribution in [2.75, 3.05) is 51.3 Å². The highest BCUT2D eigenvalue weighted by Crippen LogP contribution is 2.33. The van der Waals surface area contributed by atoms with Gasteiger partial charge in [-0.25, -0.2) is 4.98 Å². The summed E-state index contributed by atoms with van der Waals surface area (Å²) in [7, 11) is 2.14. The van der Waals surface area contributed by atoms with Gasteiger partial charge in [0.05, 0.1) is 11.8 Å².